The lowest BCUT2D eigenvalue weighted by Crippen LogP contribution is -2.62. The number of cyclic esters (lactones) is 1. The number of rotatable bonds is 9. The number of ether oxygens (including phenoxy) is 2. The third kappa shape index (κ3) is 14.6. The Bertz CT molecular complexity index is 1780. The van der Waals surface area contributed by atoms with Gasteiger partial charge in [-0.1, -0.05) is 69.4 Å². The number of hydrazine groups is 1. The first-order chi connectivity index (χ1) is 28.6. The lowest BCUT2D eigenvalue weighted by molar-refractivity contribution is -0.156. The van der Waals surface area contributed by atoms with Gasteiger partial charge in [-0.3, -0.25) is 29.0 Å². The van der Waals surface area contributed by atoms with Crippen LogP contribution in [-0.2, 0) is 44.7 Å². The topological polar surface area (TPSA) is 204 Å². The number of amides is 4. The summed E-state index contributed by atoms with van der Waals surface area (Å²) in [6.07, 6.45) is 11.9. The van der Waals surface area contributed by atoms with Crippen molar-refractivity contribution in [2.75, 3.05) is 32.8 Å². The number of aromatic hydroxyl groups is 1. The molecule has 1 aromatic carbocycles. The molecule has 15 heteroatoms. The van der Waals surface area contributed by atoms with Crippen molar-refractivity contribution >= 4 is 35.4 Å². The van der Waals surface area contributed by atoms with Gasteiger partial charge in [0.1, 0.15) is 35.8 Å². The first-order valence-electron chi connectivity index (χ1n) is 21.0. The smallest absolute Gasteiger partial charge is 0.325 e. The van der Waals surface area contributed by atoms with Crippen LogP contribution in [0.15, 0.2) is 72.4 Å². The van der Waals surface area contributed by atoms with Crippen molar-refractivity contribution in [3.8, 4) is 5.75 Å². The van der Waals surface area contributed by atoms with E-state index in [1.54, 1.807) is 69.0 Å². The van der Waals surface area contributed by atoms with Crippen LogP contribution < -0.4 is 16.1 Å². The van der Waals surface area contributed by atoms with Gasteiger partial charge in [-0.25, -0.2) is 5.43 Å². The van der Waals surface area contributed by atoms with Crippen LogP contribution in [0.2, 0.25) is 0 Å². The largest absolute Gasteiger partial charge is 0.508 e. The van der Waals surface area contributed by atoms with Gasteiger partial charge in [0.25, 0.3) is 5.91 Å². The van der Waals surface area contributed by atoms with Gasteiger partial charge in [0.05, 0.1) is 25.2 Å². The van der Waals surface area contributed by atoms with Crippen molar-refractivity contribution in [1.82, 2.24) is 26.0 Å². The second-order valence-corrected chi connectivity index (χ2v) is 16.3. The van der Waals surface area contributed by atoms with Crippen molar-refractivity contribution in [2.45, 2.75) is 110 Å². The van der Waals surface area contributed by atoms with Crippen molar-refractivity contribution in [3.05, 3.63) is 77.9 Å². The molecule has 0 aliphatic carbocycles. The first-order valence-corrected chi connectivity index (χ1v) is 21.0. The Kier molecular flexibility index (Phi) is 18.7. The summed E-state index contributed by atoms with van der Waals surface area (Å²) in [7, 11) is 0. The van der Waals surface area contributed by atoms with Gasteiger partial charge < -0.3 is 40.0 Å². The van der Waals surface area contributed by atoms with E-state index in [1.165, 1.54) is 30.1 Å². The number of Topliss-reactive ketones (excluding diaryl/α,β-unsaturated/α-hetero) is 1. The molecule has 3 heterocycles. The summed E-state index contributed by atoms with van der Waals surface area (Å²) in [5.41, 5.74) is 4.27. The average Bonchev–Trinajstić information content (AvgIpc) is 3.22. The zero-order chi connectivity index (χ0) is 43.8. The Morgan fingerprint density at radius 3 is 2.38 bits per heavy atom. The predicted octanol–water partition coefficient (Wildman–Crippen LogP) is 3.22. The standard InChI is InChI=1S/C45H63N5O10/c1-29(2)40-43(56)46-37(28-33-15-11-16-34(52)27-33)44(57)50-22-12-17-36(48-50)45(58)60-38(30(3)14-10-19-39(53)49-23-25-59-26-24-49)18-9-7-6-8-13-31(4)41(54)35(42(55)47-40)21-20-32(5)51/h6-11,14-16,19,27,29,31,35-38,40-41,48,52,54H,12-13,17-18,20-26,28H2,1-5H3,(H,46,56)(H,47,55)/b8-6+,9-7+,19-10+,30-14+/t31-,35+,36?,37?,38-,40-,41+/m0/s1. The number of nitrogens with zero attached hydrogens (tertiary/aromatic N) is 2. The minimum absolute atomic E-state index is 0.0179. The molecule has 2 saturated heterocycles. The van der Waals surface area contributed by atoms with E-state index in [9.17, 15) is 39.0 Å². The highest BCUT2D eigenvalue weighted by Gasteiger charge is 2.38. The van der Waals surface area contributed by atoms with Gasteiger partial charge in [0.2, 0.25) is 17.7 Å². The van der Waals surface area contributed by atoms with Crippen LogP contribution >= 0.6 is 0 Å². The fourth-order valence-corrected chi connectivity index (χ4v) is 7.31. The van der Waals surface area contributed by atoms with Crippen LogP contribution in [0, 0.1) is 17.8 Å². The maximum absolute atomic E-state index is 14.3. The molecular formula is C45H63N5O10. The van der Waals surface area contributed by atoms with Crippen LogP contribution in [0.25, 0.3) is 0 Å². The number of aliphatic hydroxyl groups is 1. The normalized spacial score (nSPS) is 28.2. The Hall–Kier alpha value is -5.12. The number of morpholine rings is 1. The summed E-state index contributed by atoms with van der Waals surface area (Å²) in [5, 5.41) is 28.6. The Balaban J connectivity index is 1.67. The minimum Gasteiger partial charge on any atom is -0.508 e. The highest BCUT2D eigenvalue weighted by molar-refractivity contribution is 5.93. The first kappa shape index (κ1) is 47.6. The van der Waals surface area contributed by atoms with Gasteiger partial charge in [-0.15, -0.1) is 0 Å². The number of fused-ring (bicyclic) bond motifs is 2. The molecule has 2 unspecified atom stereocenters. The van der Waals surface area contributed by atoms with E-state index in [0.29, 0.717) is 63.1 Å². The maximum Gasteiger partial charge on any atom is 0.325 e. The fourth-order valence-electron chi connectivity index (χ4n) is 7.31. The van der Waals surface area contributed by atoms with E-state index in [1.807, 2.05) is 12.2 Å². The molecule has 4 amide bonds. The van der Waals surface area contributed by atoms with Gasteiger partial charge in [-0.05, 0) is 74.6 Å². The van der Waals surface area contributed by atoms with E-state index in [0.717, 1.165) is 0 Å². The zero-order valence-corrected chi connectivity index (χ0v) is 35.5. The summed E-state index contributed by atoms with van der Waals surface area (Å²) in [6, 6.07) is 3.13. The number of carbonyl (C=O) groups excluding carboxylic acids is 6. The number of phenols is 1. The molecule has 2 fully saturated rings. The summed E-state index contributed by atoms with van der Waals surface area (Å²) in [5.74, 6) is -4.50. The number of allylic oxidation sites excluding steroid dienone is 5. The summed E-state index contributed by atoms with van der Waals surface area (Å²) >= 11 is 0. The number of aliphatic hydroxyl groups excluding tert-OH is 1. The highest BCUT2D eigenvalue weighted by atomic mass is 16.5. The Labute approximate surface area is 353 Å². The minimum atomic E-state index is -1.18. The van der Waals surface area contributed by atoms with E-state index in [2.05, 4.69) is 16.1 Å². The number of esters is 1. The Morgan fingerprint density at radius 1 is 0.983 bits per heavy atom. The lowest BCUT2D eigenvalue weighted by Gasteiger charge is -2.36. The van der Waals surface area contributed by atoms with Crippen LogP contribution in [0.3, 0.4) is 0 Å². The molecule has 2 bridgehead atoms. The molecule has 15 nitrogen and oxygen atoms in total. The third-order valence-corrected chi connectivity index (χ3v) is 11.0. The number of nitrogens with one attached hydrogen (secondary N) is 3. The number of phenolic OH excluding ortho intramolecular Hbond substituents is 1. The van der Waals surface area contributed by atoms with E-state index in [-0.39, 0.29) is 43.2 Å². The summed E-state index contributed by atoms with van der Waals surface area (Å²) < 4.78 is 11.4. The number of ketones is 1. The molecule has 0 saturated carbocycles. The predicted molar refractivity (Wildman–Crippen MR) is 225 cm³/mol. The molecule has 0 radical (unpaired) electrons. The third-order valence-electron chi connectivity index (χ3n) is 11.0. The lowest BCUT2D eigenvalue weighted by atomic mass is 9.85. The summed E-state index contributed by atoms with van der Waals surface area (Å²) in [4.78, 5) is 82.6. The molecule has 4 rings (SSSR count). The van der Waals surface area contributed by atoms with Crippen molar-refractivity contribution in [1.29, 1.82) is 0 Å². The number of hydrogen-bond acceptors (Lipinski definition) is 11. The fraction of sp³-hybridized carbons (Fsp3) is 0.556. The molecule has 328 valence electrons. The van der Waals surface area contributed by atoms with Crippen LogP contribution in [0.1, 0.15) is 78.7 Å². The van der Waals surface area contributed by atoms with E-state index < -0.39 is 71.8 Å². The number of benzene rings is 1. The molecule has 7 atom stereocenters. The van der Waals surface area contributed by atoms with Crippen LogP contribution in [0.5, 0.6) is 5.75 Å². The molecule has 60 heavy (non-hydrogen) atoms. The maximum atomic E-state index is 14.3. The van der Waals surface area contributed by atoms with Crippen LogP contribution in [-0.4, -0.2) is 119 Å². The van der Waals surface area contributed by atoms with Crippen molar-refractivity contribution in [2.24, 2.45) is 17.8 Å². The highest BCUT2D eigenvalue weighted by Crippen LogP contribution is 2.24. The Morgan fingerprint density at radius 2 is 1.70 bits per heavy atom. The average molecular weight is 834 g/mol. The molecule has 0 aromatic heterocycles. The molecule has 5 N–H and O–H groups in total. The summed E-state index contributed by atoms with van der Waals surface area (Å²) in [6.45, 7) is 10.7. The quantitative estimate of drug-likeness (QED) is 0.139. The van der Waals surface area contributed by atoms with Crippen molar-refractivity contribution in [3.63, 3.8) is 0 Å². The van der Waals surface area contributed by atoms with Gasteiger partial charge in [-0.2, -0.15) is 0 Å². The molecule has 3 aliphatic heterocycles. The van der Waals surface area contributed by atoms with E-state index in [4.69, 9.17) is 9.47 Å². The molecule has 1 aromatic rings. The molecular weight excluding hydrogens is 771 g/mol. The SMILES string of the molecule is CC(=O)CC[C@H]1C(=O)N[C@@H](C(C)C)C(=O)NC(Cc2cccc(O)c2)C(=O)N2CCCC(N2)C(=O)O[C@H](/C(C)=C/C=C/C(=O)N2CCOCC2)C/C=C/C=C/C[C@H](C)[C@H]1O. The van der Waals surface area contributed by atoms with Crippen molar-refractivity contribution < 1.29 is 48.5 Å². The second-order valence-electron chi connectivity index (χ2n) is 16.3. The zero-order valence-electron chi connectivity index (χ0n) is 35.5. The van der Waals surface area contributed by atoms with Gasteiger partial charge in [0.15, 0.2) is 0 Å². The van der Waals surface area contributed by atoms with E-state index >= 15 is 0 Å². The van der Waals surface area contributed by atoms with Gasteiger partial charge >= 0.3 is 5.97 Å². The van der Waals surface area contributed by atoms with Crippen LogP contribution in [0.4, 0.5) is 0 Å². The molecule has 3 aliphatic rings. The second kappa shape index (κ2) is 23.6. The number of carbonyl (C=O) groups is 6. The number of hydrogen-bond donors (Lipinski definition) is 5. The monoisotopic (exact) mass is 833 g/mol. The van der Waals surface area contributed by atoms with Gasteiger partial charge in [0, 0.05) is 45.0 Å². The molecule has 0 spiro atoms.